The number of esters is 1. The average molecular weight is 397 g/mol. The second kappa shape index (κ2) is 7.38. The van der Waals surface area contributed by atoms with Gasteiger partial charge in [-0.05, 0) is 49.5 Å². The molecule has 3 heterocycles. The number of hydrogen-bond donors (Lipinski definition) is 0. The highest BCUT2D eigenvalue weighted by atomic mass is 16.6. The van der Waals surface area contributed by atoms with E-state index in [1.165, 1.54) is 18.4 Å². The van der Waals surface area contributed by atoms with E-state index in [0.717, 1.165) is 57.9 Å². The minimum atomic E-state index is 0.0128. The lowest BCUT2D eigenvalue weighted by Crippen LogP contribution is -2.50. The fourth-order valence-corrected chi connectivity index (χ4v) is 6.33. The van der Waals surface area contributed by atoms with Crippen molar-refractivity contribution in [3.63, 3.8) is 0 Å². The number of anilines is 1. The summed E-state index contributed by atoms with van der Waals surface area (Å²) in [7, 11) is 0. The number of allylic oxidation sites excluding steroid dienone is 1. The van der Waals surface area contributed by atoms with E-state index in [-0.39, 0.29) is 23.4 Å². The normalized spacial score (nSPS) is 37.8. The molecule has 0 aromatic carbocycles. The van der Waals surface area contributed by atoms with Crippen molar-refractivity contribution in [2.45, 2.75) is 45.1 Å². The van der Waals surface area contributed by atoms with Gasteiger partial charge in [-0.2, -0.15) is 0 Å². The van der Waals surface area contributed by atoms with Gasteiger partial charge in [-0.1, -0.05) is 19.1 Å². The number of nitrogens with zero attached hydrogens (tertiary/aromatic N) is 4. The van der Waals surface area contributed by atoms with E-state index >= 15 is 0 Å². The van der Waals surface area contributed by atoms with Crippen LogP contribution in [-0.2, 0) is 9.53 Å². The van der Waals surface area contributed by atoms with Gasteiger partial charge in [0.25, 0.3) is 0 Å². The van der Waals surface area contributed by atoms with Gasteiger partial charge in [0.2, 0.25) is 5.95 Å². The number of carbonyl (C=O) groups excluding carboxylic acids is 1. The molecular weight excluding hydrogens is 364 g/mol. The Kier molecular flexibility index (Phi) is 4.85. The summed E-state index contributed by atoms with van der Waals surface area (Å²) in [5.74, 6) is 1.75. The summed E-state index contributed by atoms with van der Waals surface area (Å²) in [4.78, 5) is 26.2. The fraction of sp³-hybridized carbons (Fsp3) is 0.696. The Balaban J connectivity index is 1.23. The molecule has 0 N–H and O–H groups in total. The van der Waals surface area contributed by atoms with Crippen molar-refractivity contribution in [2.24, 2.45) is 23.2 Å². The highest BCUT2D eigenvalue weighted by molar-refractivity contribution is 5.75. The van der Waals surface area contributed by atoms with Crippen molar-refractivity contribution in [1.29, 1.82) is 0 Å². The van der Waals surface area contributed by atoms with Crippen molar-refractivity contribution in [3.05, 3.63) is 30.6 Å². The number of piperazine rings is 1. The third-order valence-corrected chi connectivity index (χ3v) is 7.98. The third kappa shape index (κ3) is 3.45. The first-order valence-corrected chi connectivity index (χ1v) is 11.2. The predicted molar refractivity (Wildman–Crippen MR) is 111 cm³/mol. The van der Waals surface area contributed by atoms with Gasteiger partial charge in [-0.25, -0.2) is 9.97 Å². The molecule has 4 fully saturated rings. The molecule has 0 radical (unpaired) electrons. The number of rotatable bonds is 3. The Morgan fingerprint density at radius 3 is 2.76 bits per heavy atom. The Morgan fingerprint density at radius 2 is 2.00 bits per heavy atom. The number of ether oxygens (including phenoxy) is 1. The van der Waals surface area contributed by atoms with E-state index in [1.807, 2.05) is 6.07 Å². The van der Waals surface area contributed by atoms with Crippen LogP contribution in [0.2, 0.25) is 0 Å². The third-order valence-electron chi connectivity index (χ3n) is 7.98. The summed E-state index contributed by atoms with van der Waals surface area (Å²) in [6, 6.07) is 1.85. The Bertz CT molecular complexity index is 776. The molecule has 0 bridgehead atoms. The van der Waals surface area contributed by atoms with Gasteiger partial charge in [0.15, 0.2) is 0 Å². The van der Waals surface area contributed by atoms with E-state index < -0.39 is 0 Å². The lowest BCUT2D eigenvalue weighted by Gasteiger charge is -2.50. The zero-order valence-corrected chi connectivity index (χ0v) is 17.4. The van der Waals surface area contributed by atoms with Crippen molar-refractivity contribution in [2.75, 3.05) is 37.6 Å². The van der Waals surface area contributed by atoms with E-state index in [2.05, 4.69) is 33.3 Å². The zero-order chi connectivity index (χ0) is 20.0. The standard InChI is InChI=1S/C23H32N4O2/c1-16-5-3-6-23(2)14-20-17(13-19(16)23)18(21(28)29-20)15-26-9-11-27(12-10-26)22-24-7-4-8-25-22/h4,7-8,17-20H,1,3,5-6,9-15H2,2H3/t17-,18+,19+,20-,23-/m1/s1. The lowest BCUT2D eigenvalue weighted by molar-refractivity contribution is -0.146. The number of hydrogen-bond acceptors (Lipinski definition) is 6. The SMILES string of the molecule is C=C1CCC[C@]2(C)C[C@H]3OC(=O)[C@@H](CN4CCN(c5ncccn5)CC4)[C@H]3C[C@@H]12. The van der Waals surface area contributed by atoms with E-state index in [4.69, 9.17) is 4.74 Å². The predicted octanol–water partition coefficient (Wildman–Crippen LogP) is 2.91. The first-order valence-electron chi connectivity index (χ1n) is 11.2. The monoisotopic (exact) mass is 396 g/mol. The van der Waals surface area contributed by atoms with Gasteiger partial charge in [0.05, 0.1) is 5.92 Å². The summed E-state index contributed by atoms with van der Waals surface area (Å²) in [5.41, 5.74) is 1.68. The largest absolute Gasteiger partial charge is 0.462 e. The molecule has 0 amide bonds. The molecule has 5 rings (SSSR count). The molecule has 0 spiro atoms. The van der Waals surface area contributed by atoms with E-state index in [0.29, 0.717) is 11.8 Å². The molecule has 0 unspecified atom stereocenters. The highest BCUT2D eigenvalue weighted by Gasteiger charge is 2.55. The average Bonchev–Trinajstić information content (AvgIpc) is 3.01. The van der Waals surface area contributed by atoms with Crippen LogP contribution in [0, 0.1) is 23.2 Å². The molecule has 1 aromatic rings. The molecule has 6 heteroatoms. The van der Waals surface area contributed by atoms with Crippen LogP contribution in [0.3, 0.4) is 0 Å². The Labute approximate surface area is 173 Å². The van der Waals surface area contributed by atoms with Gasteiger partial charge in [0.1, 0.15) is 6.10 Å². The van der Waals surface area contributed by atoms with Crippen molar-refractivity contribution < 1.29 is 9.53 Å². The number of fused-ring (bicyclic) bond motifs is 2. The van der Waals surface area contributed by atoms with Gasteiger partial charge in [-0.15, -0.1) is 0 Å². The van der Waals surface area contributed by atoms with Crippen LogP contribution in [-0.4, -0.2) is 59.7 Å². The molecule has 2 saturated carbocycles. The second-order valence-electron chi connectivity index (χ2n) is 9.74. The molecule has 2 aliphatic carbocycles. The Morgan fingerprint density at radius 1 is 1.24 bits per heavy atom. The summed E-state index contributed by atoms with van der Waals surface area (Å²) in [5, 5.41) is 0. The van der Waals surface area contributed by atoms with E-state index in [9.17, 15) is 4.79 Å². The van der Waals surface area contributed by atoms with Gasteiger partial charge in [-0.3, -0.25) is 9.69 Å². The number of aromatic nitrogens is 2. The van der Waals surface area contributed by atoms with Crippen LogP contribution in [0.4, 0.5) is 5.95 Å². The van der Waals surface area contributed by atoms with Crippen LogP contribution in [0.25, 0.3) is 0 Å². The maximum atomic E-state index is 12.8. The van der Waals surface area contributed by atoms with Crippen LogP contribution < -0.4 is 4.90 Å². The fourth-order valence-electron chi connectivity index (χ4n) is 6.33. The maximum absolute atomic E-state index is 12.8. The molecular formula is C23H32N4O2. The van der Waals surface area contributed by atoms with Gasteiger partial charge >= 0.3 is 5.97 Å². The van der Waals surface area contributed by atoms with Crippen molar-refractivity contribution in [3.8, 4) is 0 Å². The molecule has 2 aliphatic heterocycles. The molecule has 29 heavy (non-hydrogen) atoms. The van der Waals surface area contributed by atoms with Crippen molar-refractivity contribution >= 4 is 11.9 Å². The lowest BCUT2D eigenvalue weighted by atomic mass is 9.55. The minimum Gasteiger partial charge on any atom is -0.462 e. The first kappa shape index (κ1) is 19.0. The summed E-state index contributed by atoms with van der Waals surface area (Å²) >= 11 is 0. The Hall–Kier alpha value is -1.95. The van der Waals surface area contributed by atoms with E-state index in [1.54, 1.807) is 12.4 Å². The quantitative estimate of drug-likeness (QED) is 0.578. The van der Waals surface area contributed by atoms with Crippen LogP contribution in [0.1, 0.15) is 39.0 Å². The topological polar surface area (TPSA) is 58.6 Å². The minimum absolute atomic E-state index is 0.0128. The maximum Gasteiger partial charge on any atom is 0.310 e. The molecule has 4 aliphatic rings. The molecule has 156 valence electrons. The van der Waals surface area contributed by atoms with Crippen LogP contribution in [0.15, 0.2) is 30.6 Å². The summed E-state index contributed by atoms with van der Waals surface area (Å²) < 4.78 is 5.93. The van der Waals surface area contributed by atoms with Gasteiger partial charge in [0, 0.05) is 51.0 Å². The number of carbonyl (C=O) groups is 1. The first-order chi connectivity index (χ1) is 14.0. The summed E-state index contributed by atoms with van der Waals surface area (Å²) in [6.45, 7) is 11.3. The zero-order valence-electron chi connectivity index (χ0n) is 17.4. The summed E-state index contributed by atoms with van der Waals surface area (Å²) in [6.07, 6.45) is 9.41. The molecule has 1 aromatic heterocycles. The highest BCUT2D eigenvalue weighted by Crippen LogP contribution is 2.56. The molecule has 6 nitrogen and oxygen atoms in total. The second-order valence-corrected chi connectivity index (χ2v) is 9.74. The van der Waals surface area contributed by atoms with Crippen LogP contribution >= 0.6 is 0 Å². The van der Waals surface area contributed by atoms with Gasteiger partial charge < -0.3 is 9.64 Å². The van der Waals surface area contributed by atoms with Crippen LogP contribution in [0.5, 0.6) is 0 Å². The smallest absolute Gasteiger partial charge is 0.310 e. The molecule has 5 atom stereocenters. The molecule has 2 saturated heterocycles. The van der Waals surface area contributed by atoms with Crippen molar-refractivity contribution in [1.82, 2.24) is 14.9 Å².